The molecule has 0 unspecified atom stereocenters. The van der Waals surface area contributed by atoms with Gasteiger partial charge in [-0.15, -0.1) is 0 Å². The molecule has 34 heavy (non-hydrogen) atoms. The van der Waals surface area contributed by atoms with Crippen LogP contribution in [-0.2, 0) is 19.0 Å². The first-order chi connectivity index (χ1) is 16.1. The number of hydrogen-bond acceptors (Lipinski definition) is 6. The number of alkyl halides is 3. The molecule has 1 aromatic carbocycles. The van der Waals surface area contributed by atoms with Gasteiger partial charge in [0.15, 0.2) is 0 Å². The van der Waals surface area contributed by atoms with E-state index in [9.17, 15) is 18.0 Å². The minimum Gasteiger partial charge on any atom is -0.478 e. The van der Waals surface area contributed by atoms with Gasteiger partial charge < -0.3 is 15.3 Å². The zero-order valence-corrected chi connectivity index (χ0v) is 18.7. The number of pyridine rings is 1. The van der Waals surface area contributed by atoms with Gasteiger partial charge in [-0.05, 0) is 42.8 Å². The largest absolute Gasteiger partial charge is 0.478 e. The summed E-state index contributed by atoms with van der Waals surface area (Å²) in [4.78, 5) is 26.2. The molecular weight excluding hydrogens is 447 g/mol. The number of aromatic carboxylic acids is 1. The summed E-state index contributed by atoms with van der Waals surface area (Å²) in [5, 5.41) is 12.4. The predicted molar refractivity (Wildman–Crippen MR) is 122 cm³/mol. The Labute approximate surface area is 194 Å². The number of carboxylic acids is 1. The molecule has 3 heterocycles. The fourth-order valence-electron chi connectivity index (χ4n) is 3.89. The Bertz CT molecular complexity index is 1200. The molecule has 2 aromatic heterocycles. The lowest BCUT2D eigenvalue weighted by Gasteiger charge is -2.24. The summed E-state index contributed by atoms with van der Waals surface area (Å²) in [6.45, 7) is 4.61. The third-order valence-electron chi connectivity index (χ3n) is 5.66. The van der Waals surface area contributed by atoms with Gasteiger partial charge in [0.2, 0.25) is 0 Å². The molecule has 0 bridgehead atoms. The number of benzene rings is 1. The molecule has 0 saturated heterocycles. The van der Waals surface area contributed by atoms with Crippen molar-refractivity contribution < 1.29 is 23.1 Å². The number of fused-ring (bicyclic) bond motifs is 1. The van der Waals surface area contributed by atoms with Crippen molar-refractivity contribution in [3.05, 3.63) is 70.8 Å². The number of rotatable bonds is 5. The maximum Gasteiger partial charge on any atom is 0.419 e. The van der Waals surface area contributed by atoms with E-state index in [4.69, 9.17) is 10.1 Å². The molecule has 178 valence electrons. The average Bonchev–Trinajstić information content (AvgIpc) is 3.01. The molecule has 0 atom stereocenters. The number of aromatic nitrogens is 3. The molecule has 7 nitrogen and oxygen atoms in total. The number of carbonyl (C=O) groups is 1. The van der Waals surface area contributed by atoms with Gasteiger partial charge in [0, 0.05) is 42.9 Å². The summed E-state index contributed by atoms with van der Waals surface area (Å²) in [5.74, 6) is 0.157. The number of nitrogens with one attached hydrogen (secondary N) is 1. The Hall–Kier alpha value is -3.69. The van der Waals surface area contributed by atoms with Crippen LogP contribution in [0.2, 0.25) is 0 Å². The molecule has 10 heteroatoms. The summed E-state index contributed by atoms with van der Waals surface area (Å²) in [6.07, 6.45) is -2.26. The van der Waals surface area contributed by atoms with Crippen LogP contribution in [0.1, 0.15) is 52.8 Å². The van der Waals surface area contributed by atoms with Crippen LogP contribution >= 0.6 is 0 Å². The summed E-state index contributed by atoms with van der Waals surface area (Å²) >= 11 is 0. The minimum absolute atomic E-state index is 0.0483. The number of anilines is 3. The van der Waals surface area contributed by atoms with Crippen LogP contribution in [0, 0.1) is 0 Å². The molecule has 0 aliphatic carbocycles. The summed E-state index contributed by atoms with van der Waals surface area (Å²) in [6, 6.07) is 8.63. The normalized spacial score (nSPS) is 14.0. The smallest absolute Gasteiger partial charge is 0.419 e. The second-order valence-electron chi connectivity index (χ2n) is 8.38. The highest BCUT2D eigenvalue weighted by atomic mass is 19.4. The van der Waals surface area contributed by atoms with Crippen LogP contribution in [0.5, 0.6) is 0 Å². The van der Waals surface area contributed by atoms with E-state index in [0.717, 1.165) is 17.3 Å². The van der Waals surface area contributed by atoms with Gasteiger partial charge in [0.1, 0.15) is 17.5 Å². The molecule has 4 rings (SSSR count). The van der Waals surface area contributed by atoms with Crippen LogP contribution in [0.15, 0.2) is 42.6 Å². The maximum absolute atomic E-state index is 13.6. The second kappa shape index (κ2) is 9.28. The van der Waals surface area contributed by atoms with Crippen molar-refractivity contribution in [2.75, 3.05) is 23.3 Å². The highest BCUT2D eigenvalue weighted by Gasteiger charge is 2.36. The maximum atomic E-state index is 13.6. The van der Waals surface area contributed by atoms with Crippen molar-refractivity contribution in [2.24, 2.45) is 0 Å². The van der Waals surface area contributed by atoms with E-state index in [1.807, 2.05) is 13.8 Å². The lowest BCUT2D eigenvalue weighted by Crippen LogP contribution is -2.29. The van der Waals surface area contributed by atoms with E-state index in [-0.39, 0.29) is 17.3 Å². The molecule has 0 radical (unpaired) electrons. The van der Waals surface area contributed by atoms with Crippen molar-refractivity contribution in [1.82, 2.24) is 15.0 Å². The van der Waals surface area contributed by atoms with E-state index in [1.165, 1.54) is 24.4 Å². The number of carboxylic acid groups (broad SMARTS) is 1. The van der Waals surface area contributed by atoms with Gasteiger partial charge in [0.05, 0.1) is 16.8 Å². The Balaban J connectivity index is 1.67. The van der Waals surface area contributed by atoms with Crippen molar-refractivity contribution >= 4 is 23.3 Å². The topological polar surface area (TPSA) is 91.2 Å². The van der Waals surface area contributed by atoms with Gasteiger partial charge in [-0.1, -0.05) is 13.8 Å². The summed E-state index contributed by atoms with van der Waals surface area (Å²) in [7, 11) is 0. The molecule has 0 amide bonds. The van der Waals surface area contributed by atoms with E-state index < -0.39 is 17.7 Å². The van der Waals surface area contributed by atoms with Gasteiger partial charge >= 0.3 is 12.1 Å². The fraction of sp³-hybridized carbons (Fsp3) is 0.333. The fourth-order valence-corrected chi connectivity index (χ4v) is 3.89. The van der Waals surface area contributed by atoms with Crippen LogP contribution in [-0.4, -0.2) is 39.1 Å². The third-order valence-corrected chi connectivity index (χ3v) is 5.66. The Morgan fingerprint density at radius 2 is 1.79 bits per heavy atom. The predicted octanol–water partition coefficient (Wildman–Crippen LogP) is 5.06. The van der Waals surface area contributed by atoms with E-state index in [2.05, 4.69) is 15.3 Å². The van der Waals surface area contributed by atoms with Gasteiger partial charge in [-0.3, -0.25) is 0 Å². The summed E-state index contributed by atoms with van der Waals surface area (Å²) < 4.78 is 40.7. The van der Waals surface area contributed by atoms with E-state index >= 15 is 0 Å². The summed E-state index contributed by atoms with van der Waals surface area (Å²) in [5.41, 5.74) is 1.69. The van der Waals surface area contributed by atoms with Crippen LogP contribution < -0.4 is 10.2 Å². The lowest BCUT2D eigenvalue weighted by atomic mass is 10.1. The molecule has 1 aliphatic rings. The molecule has 2 N–H and O–H groups in total. The highest BCUT2D eigenvalue weighted by Crippen LogP contribution is 2.36. The molecular formula is C24H24F3N5O2. The Kier molecular flexibility index (Phi) is 6.41. The number of halogens is 3. The first kappa shape index (κ1) is 23.5. The zero-order chi connectivity index (χ0) is 24.5. The molecule has 0 saturated carbocycles. The third kappa shape index (κ3) is 4.95. The average molecular weight is 471 g/mol. The van der Waals surface area contributed by atoms with Crippen molar-refractivity contribution in [2.45, 2.75) is 38.8 Å². The van der Waals surface area contributed by atoms with Gasteiger partial charge in [0.25, 0.3) is 0 Å². The van der Waals surface area contributed by atoms with Crippen LogP contribution in [0.4, 0.5) is 30.5 Å². The quantitative estimate of drug-likeness (QED) is 0.537. The molecule has 1 aliphatic heterocycles. The standard InChI is InChI=1S/C24H24F3N5O2/c1-14(2)20-30-19-10-13-32(22-18(24(25,26)27)4-3-11-28-22)12-9-17(19)21(31-20)29-16-7-5-15(6-8-16)23(33)34/h3-8,11,14H,9-10,12-13H2,1-2H3,(H,33,34)(H,29,30,31). The second-order valence-corrected chi connectivity index (χ2v) is 8.38. The first-order valence-corrected chi connectivity index (χ1v) is 10.9. The van der Waals surface area contributed by atoms with Crippen LogP contribution in [0.25, 0.3) is 0 Å². The Morgan fingerprint density at radius 3 is 2.44 bits per heavy atom. The molecule has 3 aromatic rings. The number of nitrogens with zero attached hydrogens (tertiary/aromatic N) is 4. The van der Waals surface area contributed by atoms with E-state index in [1.54, 1.807) is 17.0 Å². The van der Waals surface area contributed by atoms with Gasteiger partial charge in [-0.2, -0.15) is 13.2 Å². The minimum atomic E-state index is -4.50. The number of hydrogen-bond donors (Lipinski definition) is 2. The highest BCUT2D eigenvalue weighted by molar-refractivity contribution is 5.88. The van der Waals surface area contributed by atoms with E-state index in [0.29, 0.717) is 43.3 Å². The first-order valence-electron chi connectivity index (χ1n) is 10.9. The van der Waals surface area contributed by atoms with Crippen molar-refractivity contribution in [1.29, 1.82) is 0 Å². The van der Waals surface area contributed by atoms with Gasteiger partial charge in [-0.25, -0.2) is 19.7 Å². The SMILES string of the molecule is CC(C)c1nc2c(c(Nc3ccc(C(=O)O)cc3)n1)CCN(c1ncccc1C(F)(F)F)CC2. The molecule has 0 fully saturated rings. The molecule has 0 spiro atoms. The zero-order valence-electron chi connectivity index (χ0n) is 18.7. The Morgan fingerprint density at radius 1 is 1.09 bits per heavy atom. The lowest BCUT2D eigenvalue weighted by molar-refractivity contribution is -0.137. The monoisotopic (exact) mass is 471 g/mol. The van der Waals surface area contributed by atoms with Crippen molar-refractivity contribution in [3.63, 3.8) is 0 Å². The van der Waals surface area contributed by atoms with Crippen LogP contribution in [0.3, 0.4) is 0 Å². The van der Waals surface area contributed by atoms with Crippen molar-refractivity contribution in [3.8, 4) is 0 Å².